The summed E-state index contributed by atoms with van der Waals surface area (Å²) >= 11 is 6.88. The second-order valence-corrected chi connectivity index (χ2v) is 14.6. The van der Waals surface area contributed by atoms with E-state index in [1.165, 1.54) is 24.3 Å². The van der Waals surface area contributed by atoms with Crippen molar-refractivity contribution in [3.05, 3.63) is 117 Å². The molecule has 0 bridgehead atoms. The van der Waals surface area contributed by atoms with E-state index >= 15 is 0 Å². The van der Waals surface area contributed by atoms with Crippen LogP contribution >= 0.6 is 11.6 Å². The molecule has 2 heterocycles. The van der Waals surface area contributed by atoms with Crippen molar-refractivity contribution in [2.75, 3.05) is 24.6 Å². The van der Waals surface area contributed by atoms with E-state index in [9.17, 15) is 23.1 Å². The first-order valence-corrected chi connectivity index (χ1v) is 18.6. The summed E-state index contributed by atoms with van der Waals surface area (Å²) in [4.78, 5) is 30.3. The summed E-state index contributed by atoms with van der Waals surface area (Å²) in [5, 5.41) is 20.1. The lowest BCUT2D eigenvalue weighted by Crippen LogP contribution is -2.39. The number of hydrogen-bond acceptors (Lipinski definition) is 8. The minimum absolute atomic E-state index is 0.0177. The average Bonchev–Trinajstić information content (AvgIpc) is 3.42. The fraction of sp³-hybridized carbons (Fsp3) is 0.289. The molecule has 1 aliphatic heterocycles. The molecular weight excluding hydrogens is 674 g/mol. The van der Waals surface area contributed by atoms with Gasteiger partial charge in [0.05, 0.1) is 22.9 Å². The van der Waals surface area contributed by atoms with Crippen LogP contribution in [0, 0.1) is 6.92 Å². The molecule has 0 fully saturated rings. The number of aliphatic hydroxyl groups excluding tert-OH is 1. The molecule has 5 aromatic rings. The molecule has 1 unspecified atom stereocenters. The van der Waals surface area contributed by atoms with Crippen LogP contribution in [0.2, 0.25) is 5.02 Å². The molecule has 1 aromatic heterocycles. The number of halogens is 1. The van der Waals surface area contributed by atoms with Crippen molar-refractivity contribution in [1.29, 1.82) is 0 Å². The zero-order chi connectivity index (χ0) is 35.6. The van der Waals surface area contributed by atoms with Gasteiger partial charge in [0.25, 0.3) is 15.9 Å². The Labute approximate surface area is 297 Å². The number of aliphatic hydroxyl groups is 1. The van der Waals surface area contributed by atoms with Crippen LogP contribution in [-0.4, -0.2) is 60.7 Å². The lowest BCUT2D eigenvalue weighted by molar-refractivity contribution is 0.0981. The van der Waals surface area contributed by atoms with Gasteiger partial charge >= 0.3 is 0 Å². The number of sulfonamides is 1. The number of nitrogens with one attached hydrogen (secondary N) is 2. The van der Waals surface area contributed by atoms with E-state index < -0.39 is 15.9 Å². The standard InChI is InChI=1S/C38H40ClN5O5S/c1-4-17-43(18-5-2)37-35(39)24(3)44(41-37)34-16-14-27(38(47)42-50(48,49)30-15-13-25-9-6-7-10-26(25)19-30)20-33(34)36(46)31-12-8-11-28-22-40-29(23-45)21-32(28)31/h6-16,19-20,29,40,45H,4-5,17-18,21-23H2,1-3H3,(H,42,47). The molecule has 260 valence electrons. The molecule has 0 aliphatic carbocycles. The first-order chi connectivity index (χ1) is 24.1. The van der Waals surface area contributed by atoms with Gasteiger partial charge in [-0.05, 0) is 78.4 Å². The summed E-state index contributed by atoms with van der Waals surface area (Å²) in [5.41, 5.74) is 3.32. The van der Waals surface area contributed by atoms with Gasteiger partial charge in [-0.3, -0.25) is 9.59 Å². The lowest BCUT2D eigenvalue weighted by atomic mass is 9.87. The zero-order valence-electron chi connectivity index (χ0n) is 28.2. The van der Waals surface area contributed by atoms with E-state index in [-0.39, 0.29) is 34.5 Å². The summed E-state index contributed by atoms with van der Waals surface area (Å²) in [7, 11) is -4.25. The van der Waals surface area contributed by atoms with Gasteiger partial charge in [-0.25, -0.2) is 17.8 Å². The number of ketones is 1. The normalized spacial score (nSPS) is 14.4. The molecule has 0 radical (unpaired) electrons. The Bertz CT molecular complexity index is 2190. The summed E-state index contributed by atoms with van der Waals surface area (Å²) in [6.45, 7) is 7.88. The summed E-state index contributed by atoms with van der Waals surface area (Å²) < 4.78 is 30.6. The number of anilines is 1. The minimum Gasteiger partial charge on any atom is -0.395 e. The van der Waals surface area contributed by atoms with Gasteiger partial charge in [-0.15, -0.1) is 5.10 Å². The first-order valence-electron chi connectivity index (χ1n) is 16.8. The van der Waals surface area contributed by atoms with E-state index in [1.807, 2.05) is 31.2 Å². The Morgan fingerprint density at radius 1 is 0.980 bits per heavy atom. The molecule has 1 amide bonds. The molecule has 4 aromatic carbocycles. The number of rotatable bonds is 12. The second-order valence-electron chi connectivity index (χ2n) is 12.5. The molecule has 50 heavy (non-hydrogen) atoms. The fourth-order valence-corrected chi connectivity index (χ4v) is 7.73. The van der Waals surface area contributed by atoms with Crippen molar-refractivity contribution in [1.82, 2.24) is 19.8 Å². The van der Waals surface area contributed by atoms with Gasteiger partial charge in [0.2, 0.25) is 0 Å². The molecule has 1 atom stereocenters. The average molecular weight is 714 g/mol. The zero-order valence-corrected chi connectivity index (χ0v) is 29.8. The van der Waals surface area contributed by atoms with E-state index in [2.05, 4.69) is 28.8 Å². The molecule has 0 saturated heterocycles. The first kappa shape index (κ1) is 35.3. The van der Waals surface area contributed by atoms with Crippen molar-refractivity contribution in [3.8, 4) is 5.69 Å². The molecule has 3 N–H and O–H groups in total. The van der Waals surface area contributed by atoms with Gasteiger partial charge in [0.1, 0.15) is 5.02 Å². The third kappa shape index (κ3) is 6.91. The highest BCUT2D eigenvalue weighted by molar-refractivity contribution is 7.90. The largest absolute Gasteiger partial charge is 0.395 e. The van der Waals surface area contributed by atoms with Gasteiger partial charge in [-0.1, -0.05) is 74.0 Å². The van der Waals surface area contributed by atoms with Crippen LogP contribution in [0.3, 0.4) is 0 Å². The third-order valence-electron chi connectivity index (χ3n) is 9.07. The SMILES string of the molecule is CCCN(CCC)c1nn(-c2ccc(C(=O)NS(=O)(=O)c3ccc4ccccc4c3)cc2C(=O)c2cccc3c2CC(CO)NC3)c(C)c1Cl. The molecule has 0 saturated carbocycles. The third-order valence-corrected chi connectivity index (χ3v) is 10.8. The highest BCUT2D eigenvalue weighted by atomic mass is 35.5. The van der Waals surface area contributed by atoms with Crippen LogP contribution in [0.4, 0.5) is 5.82 Å². The summed E-state index contributed by atoms with van der Waals surface area (Å²) in [6, 6.07) is 21.7. The fourth-order valence-electron chi connectivity index (χ4n) is 6.49. The molecule has 12 heteroatoms. The van der Waals surface area contributed by atoms with Gasteiger partial charge in [0, 0.05) is 42.4 Å². The van der Waals surface area contributed by atoms with Crippen molar-refractivity contribution in [2.45, 2.75) is 57.5 Å². The predicted octanol–water partition coefficient (Wildman–Crippen LogP) is 5.97. The number of carbonyl (C=O) groups excluding carboxylic acids is 2. The Morgan fingerprint density at radius 3 is 2.44 bits per heavy atom. The highest BCUT2D eigenvalue weighted by Gasteiger charge is 2.28. The summed E-state index contributed by atoms with van der Waals surface area (Å²) in [6.07, 6.45) is 2.22. The number of aromatic nitrogens is 2. The van der Waals surface area contributed by atoms with E-state index in [0.717, 1.165) is 42.4 Å². The van der Waals surface area contributed by atoms with Crippen LogP contribution in [0.15, 0.2) is 83.8 Å². The molecule has 0 spiro atoms. The van der Waals surface area contributed by atoms with Crippen molar-refractivity contribution < 1.29 is 23.1 Å². The van der Waals surface area contributed by atoms with Crippen LogP contribution in [0.1, 0.15) is 69.8 Å². The lowest BCUT2D eigenvalue weighted by Gasteiger charge is -2.26. The van der Waals surface area contributed by atoms with Crippen LogP contribution < -0.4 is 14.9 Å². The van der Waals surface area contributed by atoms with Crippen LogP contribution in [-0.2, 0) is 23.0 Å². The van der Waals surface area contributed by atoms with E-state index in [4.69, 9.17) is 16.7 Å². The van der Waals surface area contributed by atoms with Gasteiger partial charge in [-0.2, -0.15) is 0 Å². The number of amides is 1. The van der Waals surface area contributed by atoms with Crippen molar-refractivity contribution >= 4 is 49.9 Å². The molecular formula is C38H40ClN5O5S. The number of carbonyl (C=O) groups is 2. The highest BCUT2D eigenvalue weighted by Crippen LogP contribution is 2.33. The quantitative estimate of drug-likeness (QED) is 0.135. The number of fused-ring (bicyclic) bond motifs is 2. The van der Waals surface area contributed by atoms with Crippen molar-refractivity contribution in [3.63, 3.8) is 0 Å². The number of benzene rings is 4. The minimum atomic E-state index is -4.25. The Balaban J connectivity index is 1.44. The smallest absolute Gasteiger partial charge is 0.265 e. The number of hydrogen-bond donors (Lipinski definition) is 3. The molecule has 6 rings (SSSR count). The molecule has 1 aliphatic rings. The van der Waals surface area contributed by atoms with Crippen LogP contribution in [0.25, 0.3) is 16.5 Å². The maximum absolute atomic E-state index is 14.6. The monoisotopic (exact) mass is 713 g/mol. The second kappa shape index (κ2) is 14.7. The van der Waals surface area contributed by atoms with E-state index in [1.54, 1.807) is 35.0 Å². The van der Waals surface area contributed by atoms with Crippen LogP contribution in [0.5, 0.6) is 0 Å². The van der Waals surface area contributed by atoms with Gasteiger partial charge < -0.3 is 15.3 Å². The maximum Gasteiger partial charge on any atom is 0.265 e. The Kier molecular flexibility index (Phi) is 10.4. The topological polar surface area (TPSA) is 134 Å². The van der Waals surface area contributed by atoms with E-state index in [0.29, 0.717) is 46.1 Å². The van der Waals surface area contributed by atoms with Gasteiger partial charge in [0.15, 0.2) is 11.6 Å². The summed E-state index contributed by atoms with van der Waals surface area (Å²) in [5.74, 6) is -0.649. The predicted molar refractivity (Wildman–Crippen MR) is 196 cm³/mol. The maximum atomic E-state index is 14.6. The Morgan fingerprint density at radius 2 is 1.72 bits per heavy atom. The molecule has 10 nitrogen and oxygen atoms in total. The Hall–Kier alpha value is -4.55. The number of nitrogens with zero attached hydrogens (tertiary/aromatic N) is 3. The van der Waals surface area contributed by atoms with Crippen molar-refractivity contribution in [2.24, 2.45) is 0 Å².